The first kappa shape index (κ1) is 39.9. The second-order valence-corrected chi connectivity index (χ2v) is 18.9. The van der Waals surface area contributed by atoms with E-state index in [0.29, 0.717) is 16.2 Å². The van der Waals surface area contributed by atoms with Crippen molar-refractivity contribution < 1.29 is 15.0 Å². The lowest BCUT2D eigenvalue weighted by atomic mass is 9.36. The van der Waals surface area contributed by atoms with Crippen molar-refractivity contribution in [1.82, 2.24) is 0 Å². The van der Waals surface area contributed by atoms with Gasteiger partial charge in [0.15, 0.2) is 0 Å². The molecule has 3 heteroatoms. The average molecular weight is 669 g/mol. The smallest absolute Gasteiger partial charge is 0.327 e. The van der Waals surface area contributed by atoms with E-state index >= 15 is 0 Å². The normalized spacial score (nSPS) is 35.4. The minimum atomic E-state index is -0.831. The second-order valence-electron chi connectivity index (χ2n) is 18.9. The van der Waals surface area contributed by atoms with Crippen molar-refractivity contribution in [3.63, 3.8) is 0 Å². The lowest BCUT2D eigenvalue weighted by Crippen LogP contribution is -2.61. The van der Waals surface area contributed by atoms with Crippen LogP contribution in [0.25, 0.3) is 0 Å². The maximum absolute atomic E-state index is 10.8. The van der Waals surface area contributed by atoms with E-state index in [1.54, 1.807) is 6.08 Å². The predicted octanol–water partition coefficient (Wildman–Crippen LogP) is 13.3. The number of aliphatic carboxylic acids is 1. The molecule has 0 aromatic rings. The fraction of sp³-hybridized carbons (Fsp3) is 0.933. The van der Waals surface area contributed by atoms with Gasteiger partial charge < -0.3 is 10.2 Å². The van der Waals surface area contributed by atoms with E-state index in [9.17, 15) is 9.90 Å². The molecule has 4 aliphatic carbocycles. The summed E-state index contributed by atoms with van der Waals surface area (Å²) in [5.41, 5.74) is 1.52. The van der Waals surface area contributed by atoms with Crippen molar-refractivity contribution in [3.8, 4) is 0 Å². The number of unbranched alkanes of at least 4 members (excludes halogenated alkanes) is 13. The average Bonchev–Trinajstić information content (AvgIpc) is 3.40. The van der Waals surface area contributed by atoms with Crippen LogP contribution in [0.4, 0.5) is 0 Å². The van der Waals surface area contributed by atoms with Crippen LogP contribution in [-0.4, -0.2) is 22.3 Å². The Morgan fingerprint density at radius 3 is 1.94 bits per heavy atom. The van der Waals surface area contributed by atoms with E-state index in [1.165, 1.54) is 154 Å². The third-order valence-corrected chi connectivity index (χ3v) is 15.6. The van der Waals surface area contributed by atoms with Gasteiger partial charge in [-0.3, -0.25) is 0 Å². The number of fused-ring (bicyclic) bond motifs is 5. The van der Waals surface area contributed by atoms with Crippen LogP contribution in [0.2, 0.25) is 0 Å². The predicted molar refractivity (Wildman–Crippen MR) is 204 cm³/mol. The minimum absolute atomic E-state index is 0.0485. The van der Waals surface area contributed by atoms with Gasteiger partial charge in [0.2, 0.25) is 0 Å². The SMILES string of the molecule is CC(C)CCC[C@@H](C)[C@H]1CC[C@H]2[C@@H]3CCC4CC(O)CC[C@]4(C)C3(CCCCCCCCCCCCCCCC=CC(=O)O)CC[C@]12C. The highest BCUT2D eigenvalue weighted by atomic mass is 16.4. The van der Waals surface area contributed by atoms with E-state index in [0.717, 1.165) is 61.2 Å². The van der Waals surface area contributed by atoms with Crippen LogP contribution in [0.5, 0.6) is 0 Å². The van der Waals surface area contributed by atoms with Gasteiger partial charge in [-0.2, -0.15) is 0 Å². The molecule has 3 unspecified atom stereocenters. The Labute approximate surface area is 298 Å². The van der Waals surface area contributed by atoms with Crippen molar-refractivity contribution in [3.05, 3.63) is 12.2 Å². The van der Waals surface area contributed by atoms with E-state index in [-0.39, 0.29) is 6.10 Å². The number of carboxylic acid groups (broad SMARTS) is 1. The van der Waals surface area contributed by atoms with E-state index in [2.05, 4.69) is 34.6 Å². The molecule has 0 heterocycles. The van der Waals surface area contributed by atoms with Gasteiger partial charge in [0, 0.05) is 6.08 Å². The summed E-state index contributed by atoms with van der Waals surface area (Å²) in [5.74, 6) is 4.44. The van der Waals surface area contributed by atoms with Crippen LogP contribution in [-0.2, 0) is 4.79 Å². The second kappa shape index (κ2) is 19.1. The molecule has 48 heavy (non-hydrogen) atoms. The standard InChI is InChI=1S/C45H80O3/c1-35(2)22-21-23-36(3)39-27-28-40-41-26-25-37-34-38(46)29-31-44(37,5)45(41,33-32-43(39,40)4)30-20-18-16-14-12-10-8-6-7-9-11-13-15-17-19-24-42(47)48/h19,24,35-41,46H,6-18,20-23,25-34H2,1-5H3,(H,47,48)/t36-,37?,38?,39-,40+,41+,43-,44+,45?/m1/s1. The van der Waals surface area contributed by atoms with Gasteiger partial charge in [0.25, 0.3) is 0 Å². The van der Waals surface area contributed by atoms with Crippen molar-refractivity contribution in [2.24, 2.45) is 51.8 Å². The number of aliphatic hydroxyl groups excluding tert-OH is 1. The number of rotatable bonds is 22. The molecule has 0 bridgehead atoms. The first-order valence-corrected chi connectivity index (χ1v) is 21.6. The summed E-state index contributed by atoms with van der Waals surface area (Å²) in [6.07, 6.45) is 39.5. The van der Waals surface area contributed by atoms with Gasteiger partial charge in [-0.25, -0.2) is 4.79 Å². The molecule has 4 saturated carbocycles. The molecule has 0 aromatic heterocycles. The molecule has 0 aromatic carbocycles. The number of carboxylic acids is 1. The fourth-order valence-electron chi connectivity index (χ4n) is 12.8. The van der Waals surface area contributed by atoms with Crippen molar-refractivity contribution >= 4 is 5.97 Å². The maximum atomic E-state index is 10.8. The fourth-order valence-corrected chi connectivity index (χ4v) is 12.8. The van der Waals surface area contributed by atoms with Crippen molar-refractivity contribution in [2.45, 2.75) is 214 Å². The molecule has 0 amide bonds. The van der Waals surface area contributed by atoms with Crippen molar-refractivity contribution in [2.75, 3.05) is 0 Å². The zero-order valence-electron chi connectivity index (χ0n) is 32.6. The Hall–Kier alpha value is -0.830. The van der Waals surface area contributed by atoms with E-state index < -0.39 is 5.97 Å². The lowest BCUT2D eigenvalue weighted by molar-refractivity contribution is -0.199. The zero-order chi connectivity index (χ0) is 34.6. The van der Waals surface area contributed by atoms with Gasteiger partial charge in [-0.05, 0) is 129 Å². The van der Waals surface area contributed by atoms with Crippen LogP contribution in [0, 0.1) is 51.8 Å². The highest BCUT2D eigenvalue weighted by Gasteiger charge is 2.66. The van der Waals surface area contributed by atoms with Gasteiger partial charge in [0.05, 0.1) is 6.10 Å². The van der Waals surface area contributed by atoms with E-state index in [4.69, 9.17) is 5.11 Å². The Kier molecular flexibility index (Phi) is 15.9. The van der Waals surface area contributed by atoms with Crippen LogP contribution in [0.15, 0.2) is 12.2 Å². The molecule has 2 N–H and O–H groups in total. The molecule has 0 aliphatic heterocycles. The molecule has 4 fully saturated rings. The number of hydrogen-bond acceptors (Lipinski definition) is 2. The Morgan fingerprint density at radius 1 is 0.708 bits per heavy atom. The highest BCUT2D eigenvalue weighted by molar-refractivity contribution is 5.79. The monoisotopic (exact) mass is 669 g/mol. The number of aliphatic hydroxyl groups is 1. The first-order valence-electron chi connectivity index (χ1n) is 21.6. The number of hydrogen-bond donors (Lipinski definition) is 2. The first-order chi connectivity index (χ1) is 23.0. The van der Waals surface area contributed by atoms with E-state index in [1.807, 2.05) is 0 Å². The summed E-state index contributed by atoms with van der Waals surface area (Å²) in [6.45, 7) is 12.9. The topological polar surface area (TPSA) is 57.5 Å². The summed E-state index contributed by atoms with van der Waals surface area (Å²) >= 11 is 0. The summed E-state index contributed by atoms with van der Waals surface area (Å²) in [4.78, 5) is 10.5. The molecule has 3 nitrogen and oxygen atoms in total. The molecular formula is C45H80O3. The largest absolute Gasteiger partial charge is 0.478 e. The van der Waals surface area contributed by atoms with Crippen LogP contribution in [0.1, 0.15) is 208 Å². The Balaban J connectivity index is 1.21. The number of carbonyl (C=O) groups is 1. The van der Waals surface area contributed by atoms with Gasteiger partial charge in [-0.1, -0.05) is 137 Å². The molecule has 0 radical (unpaired) electrons. The number of allylic oxidation sites excluding steroid dienone is 1. The van der Waals surface area contributed by atoms with Crippen LogP contribution < -0.4 is 0 Å². The summed E-state index contributed by atoms with van der Waals surface area (Å²) in [6, 6.07) is 0. The zero-order valence-corrected chi connectivity index (χ0v) is 32.6. The summed E-state index contributed by atoms with van der Waals surface area (Å²) in [5, 5.41) is 19.4. The van der Waals surface area contributed by atoms with Gasteiger partial charge in [0.1, 0.15) is 0 Å². The molecule has 0 spiro atoms. The molecule has 4 aliphatic rings. The summed E-state index contributed by atoms with van der Waals surface area (Å²) in [7, 11) is 0. The maximum Gasteiger partial charge on any atom is 0.327 e. The molecular weight excluding hydrogens is 588 g/mol. The van der Waals surface area contributed by atoms with Crippen LogP contribution >= 0.6 is 0 Å². The third kappa shape index (κ3) is 9.94. The summed E-state index contributed by atoms with van der Waals surface area (Å²) < 4.78 is 0. The Morgan fingerprint density at radius 2 is 1.31 bits per heavy atom. The highest BCUT2D eigenvalue weighted by Crippen LogP contribution is 2.74. The quantitative estimate of drug-likeness (QED) is 0.0891. The van der Waals surface area contributed by atoms with Gasteiger partial charge in [-0.15, -0.1) is 0 Å². The van der Waals surface area contributed by atoms with Crippen LogP contribution in [0.3, 0.4) is 0 Å². The Bertz CT molecular complexity index is 971. The molecule has 0 saturated heterocycles. The third-order valence-electron chi connectivity index (χ3n) is 15.6. The molecule has 4 rings (SSSR count). The molecule has 278 valence electrons. The van der Waals surface area contributed by atoms with Gasteiger partial charge >= 0.3 is 5.97 Å². The minimum Gasteiger partial charge on any atom is -0.478 e. The van der Waals surface area contributed by atoms with Crippen molar-refractivity contribution in [1.29, 1.82) is 0 Å². The molecule has 9 atom stereocenters. The lowest BCUT2D eigenvalue weighted by Gasteiger charge is -2.68.